The predicted octanol–water partition coefficient (Wildman–Crippen LogP) is 1.47. The maximum absolute atomic E-state index is 9.33. The average Bonchev–Trinajstić information content (AvgIpc) is 2.12. The number of nitrogens with two attached hydrogens (primary N) is 1. The van der Waals surface area contributed by atoms with Crippen LogP contribution in [0.3, 0.4) is 0 Å². The van der Waals surface area contributed by atoms with Crippen molar-refractivity contribution in [2.45, 2.75) is 19.8 Å². The normalized spacial score (nSPS) is 12.8. The first-order valence-corrected chi connectivity index (χ1v) is 4.28. The van der Waals surface area contributed by atoms with Crippen molar-refractivity contribution in [3.05, 3.63) is 23.3 Å². The fourth-order valence-electron chi connectivity index (χ4n) is 1.21. The van der Waals surface area contributed by atoms with Crippen LogP contribution in [0, 0.1) is 6.92 Å². The van der Waals surface area contributed by atoms with Crippen LogP contribution in [0.2, 0.25) is 0 Å². The summed E-state index contributed by atoms with van der Waals surface area (Å²) in [5.41, 5.74) is 7.13. The molecule has 0 aliphatic carbocycles. The van der Waals surface area contributed by atoms with Gasteiger partial charge < -0.3 is 15.9 Å². The predicted molar refractivity (Wildman–Crippen MR) is 52.0 cm³/mol. The highest BCUT2D eigenvalue weighted by Gasteiger charge is 2.09. The van der Waals surface area contributed by atoms with Gasteiger partial charge in [0.05, 0.1) is 0 Å². The van der Waals surface area contributed by atoms with Crippen LogP contribution >= 0.6 is 0 Å². The van der Waals surface area contributed by atoms with Crippen molar-refractivity contribution in [1.82, 2.24) is 0 Å². The molecule has 0 saturated heterocycles. The second kappa shape index (κ2) is 3.66. The number of phenols is 2. The molecule has 4 N–H and O–H groups in total. The summed E-state index contributed by atoms with van der Waals surface area (Å²) in [4.78, 5) is 0. The standard InChI is InChI=1S/C10H15NO2/c1-6-3-8(7(2)5-11)4-9(12)10(6)13/h3-4,7,12-13H,5,11H2,1-2H3. The van der Waals surface area contributed by atoms with E-state index in [0.29, 0.717) is 12.1 Å². The summed E-state index contributed by atoms with van der Waals surface area (Å²) in [6.07, 6.45) is 0. The lowest BCUT2D eigenvalue weighted by atomic mass is 9.98. The second-order valence-corrected chi connectivity index (χ2v) is 3.34. The maximum atomic E-state index is 9.33. The molecule has 72 valence electrons. The fourth-order valence-corrected chi connectivity index (χ4v) is 1.21. The Morgan fingerprint density at radius 1 is 1.38 bits per heavy atom. The number of hydrogen-bond acceptors (Lipinski definition) is 3. The SMILES string of the molecule is Cc1cc(C(C)CN)cc(O)c1O. The van der Waals surface area contributed by atoms with Crippen LogP contribution in [0.15, 0.2) is 12.1 Å². The van der Waals surface area contributed by atoms with Crippen molar-refractivity contribution < 1.29 is 10.2 Å². The van der Waals surface area contributed by atoms with Gasteiger partial charge >= 0.3 is 0 Å². The average molecular weight is 181 g/mol. The van der Waals surface area contributed by atoms with Gasteiger partial charge in [0, 0.05) is 0 Å². The first-order valence-electron chi connectivity index (χ1n) is 4.28. The minimum absolute atomic E-state index is 0.0482. The fraction of sp³-hybridized carbons (Fsp3) is 0.400. The lowest BCUT2D eigenvalue weighted by Crippen LogP contribution is -2.08. The Hall–Kier alpha value is -1.22. The topological polar surface area (TPSA) is 66.5 Å². The van der Waals surface area contributed by atoms with Crippen molar-refractivity contribution in [2.75, 3.05) is 6.54 Å². The van der Waals surface area contributed by atoms with Crippen LogP contribution < -0.4 is 5.73 Å². The molecule has 3 nitrogen and oxygen atoms in total. The molecule has 0 amide bonds. The van der Waals surface area contributed by atoms with Gasteiger partial charge in [-0.3, -0.25) is 0 Å². The second-order valence-electron chi connectivity index (χ2n) is 3.34. The zero-order valence-corrected chi connectivity index (χ0v) is 7.91. The molecule has 1 rings (SSSR count). The Kier molecular flexibility index (Phi) is 2.78. The molecule has 0 aliphatic heterocycles. The molecule has 0 fully saturated rings. The van der Waals surface area contributed by atoms with Crippen molar-refractivity contribution in [3.63, 3.8) is 0 Å². The molecule has 0 heterocycles. The van der Waals surface area contributed by atoms with E-state index in [4.69, 9.17) is 5.73 Å². The smallest absolute Gasteiger partial charge is 0.160 e. The minimum atomic E-state index is -0.0738. The largest absolute Gasteiger partial charge is 0.504 e. The summed E-state index contributed by atoms with van der Waals surface area (Å²) in [7, 11) is 0. The third-order valence-corrected chi connectivity index (χ3v) is 2.23. The summed E-state index contributed by atoms with van der Waals surface area (Å²) in [5, 5.41) is 18.6. The lowest BCUT2D eigenvalue weighted by Gasteiger charge is -2.11. The number of aromatic hydroxyl groups is 2. The van der Waals surface area contributed by atoms with E-state index in [1.54, 1.807) is 13.0 Å². The van der Waals surface area contributed by atoms with Crippen molar-refractivity contribution in [3.8, 4) is 11.5 Å². The van der Waals surface area contributed by atoms with E-state index in [9.17, 15) is 10.2 Å². The summed E-state index contributed by atoms with van der Waals surface area (Å²) in [6, 6.07) is 3.40. The third-order valence-electron chi connectivity index (χ3n) is 2.23. The molecular formula is C10H15NO2. The number of phenolic OH excluding ortho intramolecular Hbond substituents is 2. The number of rotatable bonds is 2. The van der Waals surface area contributed by atoms with Crippen LogP contribution in [-0.4, -0.2) is 16.8 Å². The molecule has 0 aromatic heterocycles. The summed E-state index contributed by atoms with van der Waals surface area (Å²) < 4.78 is 0. The molecule has 1 atom stereocenters. The minimum Gasteiger partial charge on any atom is -0.504 e. The van der Waals surface area contributed by atoms with Gasteiger partial charge in [0.1, 0.15) is 0 Å². The van der Waals surface area contributed by atoms with Gasteiger partial charge in [-0.15, -0.1) is 0 Å². The van der Waals surface area contributed by atoms with Gasteiger partial charge in [0.25, 0.3) is 0 Å². The molecule has 0 aliphatic rings. The summed E-state index contributed by atoms with van der Waals surface area (Å²) in [5.74, 6) is 0.0773. The zero-order chi connectivity index (χ0) is 10.0. The van der Waals surface area contributed by atoms with E-state index < -0.39 is 0 Å². The molecule has 0 saturated carbocycles. The van der Waals surface area contributed by atoms with Crippen molar-refractivity contribution in [2.24, 2.45) is 5.73 Å². The van der Waals surface area contributed by atoms with Gasteiger partial charge in [0.15, 0.2) is 11.5 Å². The molecule has 3 heteroatoms. The highest BCUT2D eigenvalue weighted by Crippen LogP contribution is 2.32. The van der Waals surface area contributed by atoms with E-state index in [2.05, 4.69) is 0 Å². The van der Waals surface area contributed by atoms with E-state index in [1.165, 1.54) is 0 Å². The Morgan fingerprint density at radius 3 is 2.46 bits per heavy atom. The highest BCUT2D eigenvalue weighted by molar-refractivity contribution is 5.47. The number of benzene rings is 1. The monoisotopic (exact) mass is 181 g/mol. The third kappa shape index (κ3) is 1.92. The van der Waals surface area contributed by atoms with Crippen LogP contribution in [0.25, 0.3) is 0 Å². The van der Waals surface area contributed by atoms with E-state index in [1.807, 2.05) is 13.0 Å². The van der Waals surface area contributed by atoms with Gasteiger partial charge in [0.2, 0.25) is 0 Å². The van der Waals surface area contributed by atoms with Crippen LogP contribution in [-0.2, 0) is 0 Å². The number of aryl methyl sites for hydroxylation is 1. The van der Waals surface area contributed by atoms with Gasteiger partial charge in [-0.25, -0.2) is 0 Å². The van der Waals surface area contributed by atoms with Crippen LogP contribution in [0.1, 0.15) is 24.0 Å². The maximum Gasteiger partial charge on any atom is 0.160 e. The van der Waals surface area contributed by atoms with E-state index in [0.717, 1.165) is 5.56 Å². The molecule has 1 unspecified atom stereocenters. The van der Waals surface area contributed by atoms with Crippen molar-refractivity contribution >= 4 is 0 Å². The Bertz CT molecular complexity index is 287. The van der Waals surface area contributed by atoms with Gasteiger partial charge in [-0.05, 0) is 36.6 Å². The Labute approximate surface area is 77.8 Å². The molecule has 0 bridgehead atoms. The Morgan fingerprint density at radius 2 is 2.00 bits per heavy atom. The molecule has 1 aromatic rings. The van der Waals surface area contributed by atoms with Gasteiger partial charge in [-0.1, -0.05) is 13.0 Å². The molecule has 0 spiro atoms. The van der Waals surface area contributed by atoms with E-state index in [-0.39, 0.29) is 17.4 Å². The molecular weight excluding hydrogens is 166 g/mol. The van der Waals surface area contributed by atoms with Crippen LogP contribution in [0.4, 0.5) is 0 Å². The lowest BCUT2D eigenvalue weighted by molar-refractivity contribution is 0.400. The summed E-state index contributed by atoms with van der Waals surface area (Å²) >= 11 is 0. The first kappa shape index (κ1) is 9.86. The number of hydrogen-bond donors (Lipinski definition) is 3. The van der Waals surface area contributed by atoms with E-state index >= 15 is 0 Å². The zero-order valence-electron chi connectivity index (χ0n) is 7.91. The first-order chi connectivity index (χ1) is 6.06. The highest BCUT2D eigenvalue weighted by atomic mass is 16.3. The van der Waals surface area contributed by atoms with Crippen molar-refractivity contribution in [1.29, 1.82) is 0 Å². The van der Waals surface area contributed by atoms with Crippen LogP contribution in [0.5, 0.6) is 11.5 Å². The summed E-state index contributed by atoms with van der Waals surface area (Å²) in [6.45, 7) is 4.26. The molecule has 1 aromatic carbocycles. The van der Waals surface area contributed by atoms with Gasteiger partial charge in [-0.2, -0.15) is 0 Å². The Balaban J connectivity index is 3.13. The quantitative estimate of drug-likeness (QED) is 0.605. The molecule has 13 heavy (non-hydrogen) atoms. The molecule has 0 radical (unpaired) electrons.